The molecule has 0 radical (unpaired) electrons. The van der Waals surface area contributed by atoms with Crippen molar-refractivity contribution in [3.05, 3.63) is 179 Å². The first-order valence-corrected chi connectivity index (χ1v) is 43.5. The third kappa shape index (κ3) is 20.3. The van der Waals surface area contributed by atoms with E-state index in [1.165, 1.54) is 41.6 Å². The van der Waals surface area contributed by atoms with Crippen LogP contribution in [0.15, 0.2) is 113 Å². The van der Waals surface area contributed by atoms with Crippen LogP contribution in [0.1, 0.15) is 123 Å². The van der Waals surface area contributed by atoms with Crippen molar-refractivity contribution in [2.24, 2.45) is 5.92 Å². The zero-order valence-electron chi connectivity index (χ0n) is 74.6. The van der Waals surface area contributed by atoms with Crippen molar-refractivity contribution < 1.29 is 131 Å². The van der Waals surface area contributed by atoms with Crippen molar-refractivity contribution in [1.29, 1.82) is 0 Å². The van der Waals surface area contributed by atoms with Gasteiger partial charge in [-0.25, -0.2) is 33.9 Å². The normalized spacial score (nSPS) is 19.3. The molecule has 9 atom stereocenters. The molecule has 13 N–H and O–H groups in total. The third-order valence-electron chi connectivity index (χ3n) is 24.3. The Hall–Kier alpha value is -14.6. The molecule has 0 saturated carbocycles. The molecule has 4 aromatic heterocycles. The quantitative estimate of drug-likeness (QED) is 0.0115. The van der Waals surface area contributed by atoms with Crippen LogP contribution >= 0.6 is 0 Å². The number of carboxylic acid groups (broad SMARTS) is 1. The summed E-state index contributed by atoms with van der Waals surface area (Å²) in [5.41, 5.74) is 3.32. The number of aryl methyl sites for hydroxylation is 2. The molecule has 712 valence electrons. The molecule has 0 unspecified atom stereocenters. The maximum absolute atomic E-state index is 13.9. The molecule has 4 aromatic carbocycles. The molecular formula is C92H100N14O29. The van der Waals surface area contributed by atoms with Crippen molar-refractivity contribution in [2.45, 2.75) is 174 Å². The first-order chi connectivity index (χ1) is 64.4. The van der Waals surface area contributed by atoms with Crippen LogP contribution in [0, 0.1) is 5.92 Å². The van der Waals surface area contributed by atoms with E-state index in [2.05, 4.69) is 37.2 Å². The third-order valence-corrected chi connectivity index (χ3v) is 24.3. The number of hydrogen-bond acceptors (Lipinski definition) is 31. The van der Waals surface area contributed by atoms with Crippen LogP contribution in [0.4, 0.5) is 21.0 Å². The number of nitrogens with one attached hydrogen (secondary N) is 7. The van der Waals surface area contributed by atoms with Crippen LogP contribution < -0.4 is 62.5 Å². The number of alkyl carbamates (subject to hydrolysis) is 2. The zero-order chi connectivity index (χ0) is 96.9. The predicted molar refractivity (Wildman–Crippen MR) is 472 cm³/mol. The lowest BCUT2D eigenvalue weighted by Crippen LogP contribution is -2.61. The molecule has 43 heteroatoms. The summed E-state index contributed by atoms with van der Waals surface area (Å²) in [4.78, 5) is 212. The van der Waals surface area contributed by atoms with Gasteiger partial charge in [0.2, 0.25) is 41.7 Å². The number of likely N-dealkylation sites (N-methyl/N-ethyl adjacent to an activating group) is 1. The summed E-state index contributed by atoms with van der Waals surface area (Å²) in [6.45, 7) is 7.68. The lowest BCUT2D eigenvalue weighted by molar-refractivity contribution is -0.271. The van der Waals surface area contributed by atoms with E-state index < -0.39 is 182 Å². The predicted octanol–water partition coefficient (Wildman–Crippen LogP) is 1.81. The monoisotopic (exact) mass is 1860 g/mol. The van der Waals surface area contributed by atoms with Gasteiger partial charge in [-0.1, -0.05) is 59.7 Å². The molecule has 43 nitrogen and oxygen atoms in total. The molecule has 0 spiro atoms. The SMILES string of the molecule is CCc1c2c(nc3ccc(OCNC(=O)OCc4ccc(NC(=O)[C@H](C)NC(=O)[C@@H](NC(=O)CN(CCN5C(=O)C=CC5=O)CC(=O)NCCC(=O)N(C)CC(=O)Nc5cc(COC(=O)NCOc6ccc7nc8c(c(CC)c7c6)Cn6c-8cc7c(c6=O)COC(=O)[C@]7(O)CC)ccc5O[C@@H]5O[C@H](C(=O)O)[C@@H](O)[C@H](O)[C@H]5O)C(C)C)cc4)cc13)-c1cc3c(c(=O)n1C2)COC(=O)[C@]3(O)CC. The van der Waals surface area contributed by atoms with E-state index in [1.54, 1.807) is 105 Å². The number of anilines is 2. The highest BCUT2D eigenvalue weighted by atomic mass is 16.7. The molecule has 0 aliphatic carbocycles. The second-order valence-electron chi connectivity index (χ2n) is 33.3. The van der Waals surface area contributed by atoms with Crippen LogP contribution in [-0.4, -0.2) is 244 Å². The van der Waals surface area contributed by atoms with Gasteiger partial charge in [0.15, 0.2) is 30.8 Å². The highest BCUT2D eigenvalue weighted by Gasteiger charge is 2.50. The summed E-state index contributed by atoms with van der Waals surface area (Å²) >= 11 is 0. The molecule has 10 heterocycles. The standard InChI is InChI=1S/C92H100N14O29/c1-9-52-54-30-50(18-20-62(54)99-75-56(52)34-105-65(75)32-60-58(83(105)118)41-128-87(122)91(60,126)11-3)132-43-94-89(124)130-39-47-13-16-49(17-14-47)97-81(116)46(7)96-82(117)74(45(5)6)101-70(109)38-103(27-28-104-72(111)23-24-73(104)112)37-68(107)93-26-25-71(110)102(8)36-69(108)98-64-29-48(15-22-67(64)134-86-79(115)77(113)78(114)80(135-86)85(120)121)40-131-90(125)95-44-133-51-19-21-63-55(31-51)53(10-2)57-35-106-66(76(57)100-63)33-61-59(84(106)119)42-129-88(123)92(61,127)12-4/h13-24,29-33,45-46,74,77-80,86,113-115,126-127H,9-12,25-28,34-44H2,1-8H3,(H,93,107)(H,94,124)(H,95,125)(H,96,117)(H,97,116)(H,98,108)(H,101,109)(H,120,121)/t46-,74-,77-,78-,79+,80-,86+,91-,92-/m0/s1. The Morgan fingerprint density at radius 1 is 0.585 bits per heavy atom. The Kier molecular flexibility index (Phi) is 28.9. The van der Waals surface area contributed by atoms with Crippen LogP contribution in [-0.2, 0) is 140 Å². The molecule has 6 aliphatic heterocycles. The molecule has 8 aromatic rings. The Balaban J connectivity index is 0.531. The molecule has 1 fully saturated rings. The van der Waals surface area contributed by atoms with Gasteiger partial charge in [0, 0.05) is 84.0 Å². The van der Waals surface area contributed by atoms with Crippen LogP contribution in [0.5, 0.6) is 17.2 Å². The minimum absolute atomic E-state index is 0.00710. The van der Waals surface area contributed by atoms with Crippen molar-refractivity contribution in [3.8, 4) is 40.0 Å². The lowest BCUT2D eigenvalue weighted by Gasteiger charge is -2.38. The number of pyridine rings is 4. The summed E-state index contributed by atoms with van der Waals surface area (Å²) in [5.74, 6) is -9.34. The zero-order valence-corrected chi connectivity index (χ0v) is 74.6. The Labute approximate surface area is 768 Å². The fourth-order valence-corrected chi connectivity index (χ4v) is 16.8. The molecular weight excluding hydrogens is 1770 g/mol. The summed E-state index contributed by atoms with van der Waals surface area (Å²) in [7, 11) is 1.26. The molecule has 14 rings (SSSR count). The number of imide groups is 1. The fourth-order valence-electron chi connectivity index (χ4n) is 16.8. The van der Waals surface area contributed by atoms with Gasteiger partial charge in [-0.3, -0.25) is 68.4 Å². The number of ether oxygens (including phenoxy) is 8. The Morgan fingerprint density at radius 3 is 1.63 bits per heavy atom. The maximum Gasteiger partial charge on any atom is 0.410 e. The first-order valence-electron chi connectivity index (χ1n) is 43.5. The molecule has 1 saturated heterocycles. The molecule has 6 aliphatic rings. The number of aliphatic hydroxyl groups excluding tert-OH is 3. The van der Waals surface area contributed by atoms with Gasteiger partial charge in [-0.2, -0.15) is 0 Å². The number of benzene rings is 4. The number of nitrogens with zero attached hydrogens (tertiary/aromatic N) is 7. The topological polar surface area (TPSA) is 581 Å². The van der Waals surface area contributed by atoms with Crippen molar-refractivity contribution >= 4 is 111 Å². The second-order valence-corrected chi connectivity index (χ2v) is 33.3. The number of carbonyl (C=O) groups is 13. The van der Waals surface area contributed by atoms with E-state index in [1.807, 2.05) is 13.8 Å². The maximum atomic E-state index is 13.9. The first kappa shape index (κ1) is 96.4. The number of hydrogen-bond donors (Lipinski definition) is 13. The smallest absolute Gasteiger partial charge is 0.410 e. The van der Waals surface area contributed by atoms with E-state index in [0.717, 1.165) is 49.6 Å². The van der Waals surface area contributed by atoms with Gasteiger partial charge in [-0.15, -0.1) is 0 Å². The number of fused-ring (bicyclic) bond motifs is 10. The van der Waals surface area contributed by atoms with Gasteiger partial charge >= 0.3 is 30.1 Å². The number of aliphatic carboxylic acids is 1. The summed E-state index contributed by atoms with van der Waals surface area (Å²) in [5, 5.41) is 83.7. The largest absolute Gasteiger partial charge is 0.479 e. The fraction of sp³-hybridized carbons (Fsp3) is 0.402. The van der Waals surface area contributed by atoms with Gasteiger partial charge < -0.3 is 109 Å². The van der Waals surface area contributed by atoms with E-state index in [9.17, 15) is 103 Å². The summed E-state index contributed by atoms with van der Waals surface area (Å²) in [6, 6.07) is 21.2. The van der Waals surface area contributed by atoms with Crippen LogP contribution in [0.2, 0.25) is 0 Å². The Morgan fingerprint density at radius 2 is 1.11 bits per heavy atom. The number of aromatic nitrogens is 4. The molecule has 0 bridgehead atoms. The van der Waals surface area contributed by atoms with Gasteiger partial charge in [0.25, 0.3) is 22.9 Å². The van der Waals surface area contributed by atoms with E-state index in [0.29, 0.717) is 74.8 Å². The molecule has 10 amide bonds. The van der Waals surface area contributed by atoms with Crippen molar-refractivity contribution in [2.75, 3.05) is 70.4 Å². The average Bonchev–Trinajstić information content (AvgIpc) is 1.60. The number of cyclic esters (lactones) is 2. The van der Waals surface area contributed by atoms with Crippen molar-refractivity contribution in [3.63, 3.8) is 0 Å². The van der Waals surface area contributed by atoms with E-state index >= 15 is 0 Å². The highest BCUT2D eigenvalue weighted by Crippen LogP contribution is 2.44. The van der Waals surface area contributed by atoms with Gasteiger partial charge in [-0.05, 0) is 134 Å². The van der Waals surface area contributed by atoms with Gasteiger partial charge in [0.05, 0.1) is 83.3 Å². The van der Waals surface area contributed by atoms with Crippen LogP contribution in [0.25, 0.3) is 44.6 Å². The second kappa shape index (κ2) is 40.4. The van der Waals surface area contributed by atoms with E-state index in [4.69, 9.17) is 47.9 Å². The number of aliphatic hydroxyl groups is 5. The number of esters is 2. The lowest BCUT2D eigenvalue weighted by atomic mass is 9.86. The molecule has 135 heavy (non-hydrogen) atoms. The minimum Gasteiger partial charge on any atom is -0.479 e. The summed E-state index contributed by atoms with van der Waals surface area (Å²) in [6.07, 6.45) is -9.32. The number of rotatable bonds is 36. The minimum atomic E-state index is -2.09. The van der Waals surface area contributed by atoms with Gasteiger partial charge in [0.1, 0.15) is 74.1 Å². The number of amides is 10. The van der Waals surface area contributed by atoms with Crippen LogP contribution in [0.3, 0.4) is 0 Å². The number of carbonyl (C=O) groups excluding carboxylic acids is 12. The highest BCUT2D eigenvalue weighted by molar-refractivity contribution is 6.13. The average molecular weight is 1870 g/mol. The Bertz CT molecular complexity index is 6280. The van der Waals surface area contributed by atoms with E-state index in [-0.39, 0.29) is 117 Å². The summed E-state index contributed by atoms with van der Waals surface area (Å²) < 4.78 is 47.3. The van der Waals surface area contributed by atoms with Crippen molar-refractivity contribution in [1.82, 2.24) is 60.4 Å². The number of carboxylic acids is 1.